The molecule has 0 aliphatic heterocycles. The van der Waals surface area contributed by atoms with Crippen LogP contribution in [-0.2, 0) is 4.79 Å². The van der Waals surface area contributed by atoms with Crippen LogP contribution in [0.3, 0.4) is 0 Å². The van der Waals surface area contributed by atoms with E-state index >= 15 is 0 Å². The minimum Gasteiger partial charge on any atom is -0.325 e. The third-order valence-electron chi connectivity index (χ3n) is 2.13. The first-order valence-corrected chi connectivity index (χ1v) is 6.68. The Labute approximate surface area is 110 Å². The molecule has 1 N–H and O–H groups in total. The molecule has 5 heteroatoms. The van der Waals surface area contributed by atoms with Crippen LogP contribution in [0, 0.1) is 18.3 Å². The first-order valence-electron chi connectivity index (χ1n) is 5.15. The van der Waals surface area contributed by atoms with Crippen LogP contribution >= 0.6 is 23.4 Å². The second-order valence-electron chi connectivity index (χ2n) is 3.42. The number of thioether (sulfide) groups is 1. The number of nitrogens with zero attached hydrogens (tertiary/aromatic N) is 1. The van der Waals surface area contributed by atoms with Gasteiger partial charge in [0.15, 0.2) is 0 Å². The van der Waals surface area contributed by atoms with Gasteiger partial charge in [-0.05, 0) is 24.6 Å². The molecule has 0 fully saturated rings. The van der Waals surface area contributed by atoms with Crippen molar-refractivity contribution in [2.45, 2.75) is 13.3 Å². The molecule has 90 valence electrons. The van der Waals surface area contributed by atoms with Gasteiger partial charge >= 0.3 is 0 Å². The van der Waals surface area contributed by atoms with E-state index in [1.807, 2.05) is 19.1 Å². The van der Waals surface area contributed by atoms with Gasteiger partial charge in [0.2, 0.25) is 5.91 Å². The van der Waals surface area contributed by atoms with Crippen LogP contribution in [0.4, 0.5) is 5.69 Å². The highest BCUT2D eigenvalue weighted by molar-refractivity contribution is 7.99. The zero-order valence-electron chi connectivity index (χ0n) is 9.50. The smallest absolute Gasteiger partial charge is 0.234 e. The van der Waals surface area contributed by atoms with Crippen molar-refractivity contribution >= 4 is 35.0 Å². The minimum absolute atomic E-state index is 0.0710. The van der Waals surface area contributed by atoms with Crippen LogP contribution in [-0.4, -0.2) is 17.4 Å². The fraction of sp³-hybridized carbons (Fsp3) is 0.333. The lowest BCUT2D eigenvalue weighted by atomic mass is 10.2. The van der Waals surface area contributed by atoms with Crippen LogP contribution in [0.2, 0.25) is 5.02 Å². The second-order valence-corrected chi connectivity index (χ2v) is 4.93. The number of hydrogen-bond acceptors (Lipinski definition) is 3. The van der Waals surface area contributed by atoms with Gasteiger partial charge < -0.3 is 5.32 Å². The Morgan fingerprint density at radius 2 is 2.35 bits per heavy atom. The highest BCUT2D eigenvalue weighted by atomic mass is 35.5. The molecule has 0 aliphatic rings. The van der Waals surface area contributed by atoms with E-state index in [9.17, 15) is 4.79 Å². The first-order chi connectivity index (χ1) is 8.15. The highest BCUT2D eigenvalue weighted by Crippen LogP contribution is 2.23. The number of carbonyl (C=O) groups is 1. The summed E-state index contributed by atoms with van der Waals surface area (Å²) >= 11 is 7.40. The summed E-state index contributed by atoms with van der Waals surface area (Å²) in [6, 6.07) is 7.44. The minimum atomic E-state index is -0.0710. The number of halogens is 1. The van der Waals surface area contributed by atoms with E-state index < -0.39 is 0 Å². The monoisotopic (exact) mass is 268 g/mol. The van der Waals surface area contributed by atoms with Gasteiger partial charge in [0.1, 0.15) is 0 Å². The van der Waals surface area contributed by atoms with Crippen molar-refractivity contribution in [3.05, 3.63) is 28.8 Å². The number of hydrogen-bond donors (Lipinski definition) is 1. The van der Waals surface area contributed by atoms with Crippen molar-refractivity contribution in [2.24, 2.45) is 0 Å². The van der Waals surface area contributed by atoms with Crippen molar-refractivity contribution in [3.8, 4) is 6.07 Å². The van der Waals surface area contributed by atoms with Crippen LogP contribution < -0.4 is 5.32 Å². The van der Waals surface area contributed by atoms with E-state index in [2.05, 4.69) is 5.32 Å². The molecular weight excluding hydrogens is 256 g/mol. The van der Waals surface area contributed by atoms with Crippen LogP contribution in [0.15, 0.2) is 18.2 Å². The van der Waals surface area contributed by atoms with E-state index in [1.54, 1.807) is 12.1 Å². The van der Waals surface area contributed by atoms with Crippen LogP contribution in [0.1, 0.15) is 12.0 Å². The van der Waals surface area contributed by atoms with Crippen LogP contribution in [0.25, 0.3) is 0 Å². The van der Waals surface area contributed by atoms with Crippen molar-refractivity contribution in [1.82, 2.24) is 0 Å². The average Bonchev–Trinajstić information content (AvgIpc) is 2.31. The summed E-state index contributed by atoms with van der Waals surface area (Å²) in [5.74, 6) is 0.963. The maximum Gasteiger partial charge on any atom is 0.234 e. The van der Waals surface area contributed by atoms with Gasteiger partial charge in [-0.25, -0.2) is 0 Å². The quantitative estimate of drug-likeness (QED) is 0.834. The first kappa shape index (κ1) is 13.9. The van der Waals surface area contributed by atoms with Gasteiger partial charge in [0, 0.05) is 22.9 Å². The molecule has 1 aromatic rings. The van der Waals surface area contributed by atoms with Gasteiger partial charge in [-0.1, -0.05) is 17.7 Å². The predicted molar refractivity (Wildman–Crippen MR) is 72.4 cm³/mol. The lowest BCUT2D eigenvalue weighted by Gasteiger charge is -2.08. The average molecular weight is 269 g/mol. The molecule has 0 radical (unpaired) electrons. The standard InChI is InChI=1S/C12H13ClN2OS/c1-9-10(13)4-2-5-11(9)15-12(16)8-17-7-3-6-14/h2,4-5H,3,7-8H2,1H3,(H,15,16). The summed E-state index contributed by atoms with van der Waals surface area (Å²) in [5.41, 5.74) is 1.60. The Kier molecular flexibility index (Phi) is 5.88. The summed E-state index contributed by atoms with van der Waals surface area (Å²) < 4.78 is 0. The largest absolute Gasteiger partial charge is 0.325 e. The zero-order valence-corrected chi connectivity index (χ0v) is 11.1. The summed E-state index contributed by atoms with van der Waals surface area (Å²) in [5, 5.41) is 11.8. The number of amides is 1. The number of carbonyl (C=O) groups excluding carboxylic acids is 1. The normalized spacial score (nSPS) is 9.71. The Morgan fingerprint density at radius 1 is 1.59 bits per heavy atom. The molecule has 0 atom stereocenters. The topological polar surface area (TPSA) is 52.9 Å². The highest BCUT2D eigenvalue weighted by Gasteiger charge is 2.06. The Morgan fingerprint density at radius 3 is 3.06 bits per heavy atom. The molecule has 1 amide bonds. The van der Waals surface area contributed by atoms with Gasteiger partial charge in [0.25, 0.3) is 0 Å². The zero-order chi connectivity index (χ0) is 12.7. The summed E-state index contributed by atoms with van der Waals surface area (Å²) in [7, 11) is 0. The van der Waals surface area contributed by atoms with Crippen molar-refractivity contribution < 1.29 is 4.79 Å². The van der Waals surface area contributed by atoms with Crippen molar-refractivity contribution in [1.29, 1.82) is 5.26 Å². The van der Waals surface area contributed by atoms with Gasteiger partial charge in [0.05, 0.1) is 11.8 Å². The summed E-state index contributed by atoms with van der Waals surface area (Å²) in [6.07, 6.45) is 0.466. The maximum absolute atomic E-state index is 11.6. The van der Waals surface area contributed by atoms with E-state index in [0.717, 1.165) is 11.3 Å². The number of benzene rings is 1. The molecule has 17 heavy (non-hydrogen) atoms. The molecule has 1 rings (SSSR count). The third kappa shape index (κ3) is 4.68. The van der Waals surface area contributed by atoms with E-state index in [0.29, 0.717) is 22.9 Å². The molecule has 0 saturated heterocycles. The van der Waals surface area contributed by atoms with E-state index in [4.69, 9.17) is 16.9 Å². The molecular formula is C12H13ClN2OS. The molecule has 0 heterocycles. The summed E-state index contributed by atoms with van der Waals surface area (Å²) in [6.45, 7) is 1.86. The molecule has 0 spiro atoms. The number of rotatable bonds is 5. The Balaban J connectivity index is 2.46. The predicted octanol–water partition coefficient (Wildman–Crippen LogP) is 3.23. The van der Waals surface area contributed by atoms with Gasteiger partial charge in [-0.3, -0.25) is 4.79 Å². The lowest BCUT2D eigenvalue weighted by Crippen LogP contribution is -2.15. The van der Waals surface area contributed by atoms with Crippen LogP contribution in [0.5, 0.6) is 0 Å². The number of nitriles is 1. The fourth-order valence-corrected chi connectivity index (χ4v) is 2.02. The molecule has 0 bridgehead atoms. The SMILES string of the molecule is Cc1c(Cl)cccc1NC(=O)CSCCC#N. The Hall–Kier alpha value is -1.18. The summed E-state index contributed by atoms with van der Waals surface area (Å²) in [4.78, 5) is 11.6. The number of anilines is 1. The van der Waals surface area contributed by atoms with Gasteiger partial charge in [-0.15, -0.1) is 0 Å². The molecule has 0 aliphatic carbocycles. The number of nitrogens with one attached hydrogen (secondary N) is 1. The van der Waals surface area contributed by atoms with Crippen molar-refractivity contribution in [2.75, 3.05) is 16.8 Å². The van der Waals surface area contributed by atoms with Crippen molar-refractivity contribution in [3.63, 3.8) is 0 Å². The van der Waals surface area contributed by atoms with Gasteiger partial charge in [-0.2, -0.15) is 17.0 Å². The van der Waals surface area contributed by atoms with E-state index in [1.165, 1.54) is 11.8 Å². The lowest BCUT2D eigenvalue weighted by molar-refractivity contribution is -0.113. The second kappa shape index (κ2) is 7.21. The molecule has 1 aromatic carbocycles. The third-order valence-corrected chi connectivity index (χ3v) is 3.50. The van der Waals surface area contributed by atoms with E-state index in [-0.39, 0.29) is 5.91 Å². The maximum atomic E-state index is 11.6. The Bertz CT molecular complexity index is 443. The molecule has 0 unspecified atom stereocenters. The molecule has 0 aromatic heterocycles. The fourth-order valence-electron chi connectivity index (χ4n) is 1.21. The molecule has 3 nitrogen and oxygen atoms in total. The molecule has 0 saturated carbocycles.